The van der Waals surface area contributed by atoms with Crippen molar-refractivity contribution in [1.29, 1.82) is 0 Å². The maximum Gasteiger partial charge on any atom is 0.251 e. The Kier molecular flexibility index (Phi) is 6.10. The maximum absolute atomic E-state index is 12.3. The lowest BCUT2D eigenvalue weighted by atomic mass is 10.00. The van der Waals surface area contributed by atoms with Crippen molar-refractivity contribution in [2.45, 2.75) is 44.6 Å². The summed E-state index contributed by atoms with van der Waals surface area (Å²) in [6, 6.07) is 8.65. The van der Waals surface area contributed by atoms with Crippen molar-refractivity contribution in [3.8, 4) is 0 Å². The highest BCUT2D eigenvalue weighted by Crippen LogP contribution is 2.20. The summed E-state index contributed by atoms with van der Waals surface area (Å²) in [5, 5.41) is 4.21. The number of amides is 1. The number of hydrogen-bond donors (Lipinski definition) is 2. The van der Waals surface area contributed by atoms with Crippen LogP contribution in [0.3, 0.4) is 0 Å². The molecule has 146 valence electrons. The Hall–Kier alpha value is -1.85. The Morgan fingerprint density at radius 1 is 1.07 bits per heavy atom. The van der Waals surface area contributed by atoms with E-state index < -0.39 is 0 Å². The lowest BCUT2D eigenvalue weighted by Gasteiger charge is -2.40. The molecule has 0 spiro atoms. The first-order chi connectivity index (χ1) is 13.3. The zero-order valence-corrected chi connectivity index (χ0v) is 16.3. The van der Waals surface area contributed by atoms with Gasteiger partial charge in [0, 0.05) is 29.9 Å². The van der Waals surface area contributed by atoms with E-state index in [2.05, 4.69) is 20.1 Å². The number of aromatic nitrogens is 1. The number of nitrogens with one attached hydrogen (secondary N) is 2. The Morgan fingerprint density at radius 3 is 2.70 bits per heavy atom. The highest BCUT2D eigenvalue weighted by Gasteiger charge is 2.25. The fourth-order valence-corrected chi connectivity index (χ4v) is 4.59. The van der Waals surface area contributed by atoms with E-state index >= 15 is 0 Å². The smallest absolute Gasteiger partial charge is 0.251 e. The average Bonchev–Trinajstić information content (AvgIpc) is 3.20. The maximum atomic E-state index is 12.3. The summed E-state index contributed by atoms with van der Waals surface area (Å²) < 4.78 is 0. The van der Waals surface area contributed by atoms with E-state index in [4.69, 9.17) is 0 Å². The molecule has 2 N–H and O–H groups in total. The minimum Gasteiger partial charge on any atom is -0.361 e. The second-order valence-electron chi connectivity index (χ2n) is 8.06. The van der Waals surface area contributed by atoms with Crippen LogP contribution in [0.4, 0.5) is 0 Å². The van der Waals surface area contributed by atoms with Crippen molar-refractivity contribution < 1.29 is 4.79 Å². The largest absolute Gasteiger partial charge is 0.361 e. The van der Waals surface area contributed by atoms with Gasteiger partial charge >= 0.3 is 0 Å². The van der Waals surface area contributed by atoms with Crippen molar-refractivity contribution in [2.75, 3.05) is 39.3 Å². The molecule has 0 aliphatic carbocycles. The lowest BCUT2D eigenvalue weighted by molar-refractivity contribution is 0.0903. The van der Waals surface area contributed by atoms with E-state index in [-0.39, 0.29) is 5.91 Å². The predicted octanol–water partition coefficient (Wildman–Crippen LogP) is 3.24. The molecule has 2 fully saturated rings. The van der Waals surface area contributed by atoms with Crippen LogP contribution in [-0.4, -0.2) is 66.0 Å². The Morgan fingerprint density at radius 2 is 1.89 bits per heavy atom. The van der Waals surface area contributed by atoms with E-state index in [9.17, 15) is 4.79 Å². The SMILES string of the molecule is O=C(NCCCN1CCC(N2CCCCC2)CC1)c1ccc2cc[nH]c2c1. The number of hydrogen-bond acceptors (Lipinski definition) is 3. The second kappa shape index (κ2) is 8.89. The molecule has 0 saturated carbocycles. The number of carbonyl (C=O) groups is 1. The van der Waals surface area contributed by atoms with Crippen LogP contribution in [0.5, 0.6) is 0 Å². The molecule has 3 heterocycles. The van der Waals surface area contributed by atoms with Gasteiger partial charge in [-0.25, -0.2) is 0 Å². The van der Waals surface area contributed by atoms with Crippen LogP contribution in [0.2, 0.25) is 0 Å². The van der Waals surface area contributed by atoms with Crippen LogP contribution >= 0.6 is 0 Å². The van der Waals surface area contributed by atoms with Gasteiger partial charge in [0.25, 0.3) is 5.91 Å². The molecule has 4 rings (SSSR count). The van der Waals surface area contributed by atoms with Gasteiger partial charge in [0.15, 0.2) is 0 Å². The first kappa shape index (κ1) is 18.5. The highest BCUT2D eigenvalue weighted by atomic mass is 16.1. The van der Waals surface area contributed by atoms with Crippen LogP contribution in [0.1, 0.15) is 48.9 Å². The van der Waals surface area contributed by atoms with Gasteiger partial charge in [-0.05, 0) is 88.4 Å². The van der Waals surface area contributed by atoms with Crippen molar-refractivity contribution in [2.24, 2.45) is 0 Å². The van der Waals surface area contributed by atoms with Gasteiger partial charge in [0.2, 0.25) is 0 Å². The summed E-state index contributed by atoms with van der Waals surface area (Å²) in [6.45, 7) is 6.86. The zero-order chi connectivity index (χ0) is 18.5. The minimum atomic E-state index is 0.0234. The summed E-state index contributed by atoms with van der Waals surface area (Å²) in [6.07, 6.45) is 9.73. The number of benzene rings is 1. The molecular formula is C22H32N4O. The number of H-pyrrole nitrogens is 1. The molecule has 0 unspecified atom stereocenters. The van der Waals surface area contributed by atoms with E-state index in [1.54, 1.807) is 0 Å². The van der Waals surface area contributed by atoms with E-state index in [1.165, 1.54) is 58.3 Å². The molecule has 2 aliphatic rings. The third-order valence-electron chi connectivity index (χ3n) is 6.22. The molecule has 2 aromatic rings. The summed E-state index contributed by atoms with van der Waals surface area (Å²) in [5.74, 6) is 0.0234. The molecule has 1 aromatic carbocycles. The van der Waals surface area contributed by atoms with Gasteiger partial charge in [-0.2, -0.15) is 0 Å². The molecule has 1 aromatic heterocycles. The standard InChI is InChI=1S/C22H32N4O/c27-22(19-6-5-18-7-11-23-21(18)17-19)24-10-4-12-25-15-8-20(9-16-25)26-13-2-1-3-14-26/h5-7,11,17,20,23H,1-4,8-10,12-16H2,(H,24,27). The van der Waals surface area contributed by atoms with Gasteiger partial charge < -0.3 is 20.1 Å². The van der Waals surface area contributed by atoms with Gasteiger partial charge in [-0.1, -0.05) is 12.5 Å². The fourth-order valence-electron chi connectivity index (χ4n) is 4.59. The van der Waals surface area contributed by atoms with Crippen molar-refractivity contribution >= 4 is 16.8 Å². The second-order valence-corrected chi connectivity index (χ2v) is 8.06. The Labute approximate surface area is 162 Å². The predicted molar refractivity (Wildman–Crippen MR) is 110 cm³/mol. The molecule has 0 atom stereocenters. The fraction of sp³-hybridized carbons (Fsp3) is 0.591. The monoisotopic (exact) mass is 368 g/mol. The molecule has 5 nitrogen and oxygen atoms in total. The first-order valence-corrected chi connectivity index (χ1v) is 10.6. The molecule has 2 aliphatic heterocycles. The number of rotatable bonds is 6. The molecule has 27 heavy (non-hydrogen) atoms. The van der Waals surface area contributed by atoms with Gasteiger partial charge in [-0.15, -0.1) is 0 Å². The Bertz CT molecular complexity index is 742. The third kappa shape index (κ3) is 4.71. The lowest BCUT2D eigenvalue weighted by Crippen LogP contribution is -2.47. The van der Waals surface area contributed by atoms with Crippen LogP contribution < -0.4 is 5.32 Å². The van der Waals surface area contributed by atoms with E-state index in [1.807, 2.05) is 30.5 Å². The average molecular weight is 369 g/mol. The van der Waals surface area contributed by atoms with Crippen LogP contribution in [0.25, 0.3) is 10.9 Å². The van der Waals surface area contributed by atoms with Gasteiger partial charge in [0.1, 0.15) is 0 Å². The number of aromatic amines is 1. The first-order valence-electron chi connectivity index (χ1n) is 10.6. The van der Waals surface area contributed by atoms with E-state index in [0.29, 0.717) is 0 Å². The Balaban J connectivity index is 1.14. The summed E-state index contributed by atoms with van der Waals surface area (Å²) in [7, 11) is 0. The topological polar surface area (TPSA) is 51.4 Å². The number of likely N-dealkylation sites (tertiary alicyclic amines) is 2. The van der Waals surface area contributed by atoms with Crippen LogP contribution in [0.15, 0.2) is 30.5 Å². The molecule has 0 radical (unpaired) electrons. The van der Waals surface area contributed by atoms with Gasteiger partial charge in [-0.3, -0.25) is 4.79 Å². The number of piperidine rings is 2. The van der Waals surface area contributed by atoms with Gasteiger partial charge in [0.05, 0.1) is 0 Å². The van der Waals surface area contributed by atoms with Crippen molar-refractivity contribution in [3.63, 3.8) is 0 Å². The van der Waals surface area contributed by atoms with Crippen LogP contribution in [-0.2, 0) is 0 Å². The molecule has 2 saturated heterocycles. The molecule has 5 heteroatoms. The normalized spacial score (nSPS) is 20.1. The molecular weight excluding hydrogens is 336 g/mol. The van der Waals surface area contributed by atoms with Crippen LogP contribution in [0, 0.1) is 0 Å². The quantitative estimate of drug-likeness (QED) is 0.770. The van der Waals surface area contributed by atoms with Crippen molar-refractivity contribution in [3.05, 3.63) is 36.0 Å². The molecule has 0 bridgehead atoms. The number of nitrogens with zero attached hydrogens (tertiary/aromatic N) is 2. The number of carbonyl (C=O) groups excluding carboxylic acids is 1. The third-order valence-corrected chi connectivity index (χ3v) is 6.22. The summed E-state index contributed by atoms with van der Waals surface area (Å²) in [5.41, 5.74) is 1.74. The minimum absolute atomic E-state index is 0.0234. The summed E-state index contributed by atoms with van der Waals surface area (Å²) in [4.78, 5) is 20.8. The van der Waals surface area contributed by atoms with E-state index in [0.717, 1.165) is 42.0 Å². The molecule has 1 amide bonds. The summed E-state index contributed by atoms with van der Waals surface area (Å²) >= 11 is 0. The zero-order valence-electron chi connectivity index (χ0n) is 16.3. The highest BCUT2D eigenvalue weighted by molar-refractivity contribution is 5.97. The number of fused-ring (bicyclic) bond motifs is 1. The van der Waals surface area contributed by atoms with Crippen molar-refractivity contribution in [1.82, 2.24) is 20.1 Å².